The van der Waals surface area contributed by atoms with Gasteiger partial charge in [0.15, 0.2) is 6.10 Å². The van der Waals surface area contributed by atoms with Gasteiger partial charge in [0.05, 0.1) is 0 Å². The number of benzene rings is 1. The number of carboxylic acids is 3. The van der Waals surface area contributed by atoms with Crippen LogP contribution in [0.3, 0.4) is 0 Å². The molecule has 5 N–H and O–H groups in total. The first-order chi connectivity index (χ1) is 22.9. The van der Waals surface area contributed by atoms with Crippen molar-refractivity contribution < 1.29 is 68.5 Å². The van der Waals surface area contributed by atoms with Crippen molar-refractivity contribution >= 4 is 29.8 Å². The first kappa shape index (κ1) is 39.3. The highest BCUT2D eigenvalue weighted by molar-refractivity contribution is 5.98. The lowest BCUT2D eigenvalue weighted by molar-refractivity contribution is -0.374. The predicted octanol–water partition coefficient (Wildman–Crippen LogP) is 2.88. The summed E-state index contributed by atoms with van der Waals surface area (Å²) in [4.78, 5) is 63.0. The molecule has 49 heavy (non-hydrogen) atoms. The van der Waals surface area contributed by atoms with Crippen LogP contribution in [0.2, 0.25) is 0 Å². The minimum atomic E-state index is -3.90. The number of rotatable bonds is 17. The van der Waals surface area contributed by atoms with Gasteiger partial charge in [-0.2, -0.15) is 0 Å². The molecule has 3 rings (SSSR count). The van der Waals surface area contributed by atoms with Crippen molar-refractivity contribution in [3.63, 3.8) is 0 Å². The second kappa shape index (κ2) is 15.6. The summed E-state index contributed by atoms with van der Waals surface area (Å²) < 4.78 is 22.0. The van der Waals surface area contributed by atoms with Crippen molar-refractivity contribution in [3.8, 4) is 0 Å². The fraction of sp³-hybridized carbons (Fsp3) is 0.571. The van der Waals surface area contributed by atoms with E-state index >= 15 is 0 Å². The van der Waals surface area contributed by atoms with Crippen LogP contribution in [0, 0.1) is 17.8 Å². The van der Waals surface area contributed by atoms with Crippen molar-refractivity contribution in [1.29, 1.82) is 0 Å². The number of carbonyl (C=O) groups is 5. The molecule has 0 spiro atoms. The highest BCUT2D eigenvalue weighted by Crippen LogP contribution is 2.56. The first-order valence-electron chi connectivity index (χ1n) is 16.1. The molecule has 14 heteroatoms. The van der Waals surface area contributed by atoms with Crippen LogP contribution in [-0.2, 0) is 49.3 Å². The molecule has 2 aliphatic heterocycles. The molecular formula is C35H46O14. The van der Waals surface area contributed by atoms with Gasteiger partial charge in [-0.05, 0) is 42.2 Å². The summed E-state index contributed by atoms with van der Waals surface area (Å²) in [6, 6.07) is 9.29. The van der Waals surface area contributed by atoms with E-state index in [4.69, 9.17) is 18.9 Å². The van der Waals surface area contributed by atoms with Crippen LogP contribution in [-0.4, -0.2) is 96.8 Å². The van der Waals surface area contributed by atoms with Gasteiger partial charge in [0, 0.05) is 25.3 Å². The van der Waals surface area contributed by atoms with Gasteiger partial charge < -0.3 is 44.5 Å². The third-order valence-corrected chi connectivity index (χ3v) is 9.29. The Bertz CT molecular complexity index is 1440. The topological polar surface area (TPSA) is 223 Å². The van der Waals surface area contributed by atoms with Crippen LogP contribution in [0.25, 0.3) is 0 Å². The van der Waals surface area contributed by atoms with E-state index in [2.05, 4.69) is 6.58 Å². The third-order valence-electron chi connectivity index (χ3n) is 9.29. The lowest BCUT2D eigenvalue weighted by Gasteiger charge is -2.48. The van der Waals surface area contributed by atoms with E-state index in [0.717, 1.165) is 18.1 Å². The Morgan fingerprint density at radius 3 is 2.20 bits per heavy atom. The summed E-state index contributed by atoms with van der Waals surface area (Å²) in [6.07, 6.45) is -4.83. The van der Waals surface area contributed by atoms with Crippen molar-refractivity contribution in [3.05, 3.63) is 60.2 Å². The van der Waals surface area contributed by atoms with E-state index in [0.29, 0.717) is 18.8 Å². The molecular weight excluding hydrogens is 644 g/mol. The van der Waals surface area contributed by atoms with Crippen LogP contribution in [0.15, 0.2) is 54.6 Å². The zero-order valence-corrected chi connectivity index (χ0v) is 28.2. The number of carbonyl (C=O) groups excluding carboxylic acids is 2. The molecule has 0 amide bonds. The molecule has 10 atom stereocenters. The summed E-state index contributed by atoms with van der Waals surface area (Å²) in [5.41, 5.74) is -6.27. The molecule has 0 saturated carbocycles. The molecule has 2 aliphatic rings. The maximum Gasteiger partial charge on any atom is 0.344 e. The van der Waals surface area contributed by atoms with Crippen LogP contribution in [0.5, 0.6) is 0 Å². The molecule has 0 aromatic heterocycles. The van der Waals surface area contributed by atoms with Crippen LogP contribution < -0.4 is 0 Å². The summed E-state index contributed by atoms with van der Waals surface area (Å²) in [5, 5.41) is 53.5. The molecule has 1 aromatic rings. The molecule has 0 radical (unpaired) electrons. The number of aliphatic hydroxyl groups is 2. The first-order valence-corrected chi connectivity index (χ1v) is 16.1. The van der Waals surface area contributed by atoms with E-state index in [1.54, 1.807) is 6.92 Å². The lowest BCUT2D eigenvalue weighted by atomic mass is 9.74. The molecule has 0 unspecified atom stereocenters. The number of fused-ring (bicyclic) bond motifs is 2. The zero-order chi connectivity index (χ0) is 36.9. The van der Waals surface area contributed by atoms with Gasteiger partial charge in [-0.15, -0.1) is 0 Å². The number of hydrogen-bond acceptors (Lipinski definition) is 11. The SMILES string of the molecule is C=C(CC[C@]12O[C@H](C(=O)O)[C@](O)(C(=O)O)[C@](C(=O)O)(O1)[C@H](OC(=O)/C=C/[C@@H](C)C[C@@H](C)CC)[C@H]2O)[C@@H](OC(C)=O)[C@H](C)Cc1ccccc1. The summed E-state index contributed by atoms with van der Waals surface area (Å²) >= 11 is 0. The van der Waals surface area contributed by atoms with E-state index in [-0.39, 0.29) is 23.8 Å². The molecule has 1 aromatic carbocycles. The normalized spacial score (nSPS) is 30.1. The van der Waals surface area contributed by atoms with E-state index in [9.17, 15) is 49.5 Å². The van der Waals surface area contributed by atoms with E-state index < -0.39 is 77.7 Å². The maximum atomic E-state index is 13.0. The monoisotopic (exact) mass is 690 g/mol. The molecule has 2 fully saturated rings. The number of hydrogen-bond donors (Lipinski definition) is 5. The summed E-state index contributed by atoms with van der Waals surface area (Å²) in [7, 11) is 0. The second-order valence-corrected chi connectivity index (χ2v) is 13.1. The largest absolute Gasteiger partial charge is 0.479 e. The third kappa shape index (κ3) is 7.88. The maximum absolute atomic E-state index is 13.0. The molecule has 0 aliphatic carbocycles. The minimum absolute atomic E-state index is 0.123. The smallest absolute Gasteiger partial charge is 0.344 e. The van der Waals surface area contributed by atoms with Gasteiger partial charge in [0.25, 0.3) is 0 Å². The Kier molecular flexibility index (Phi) is 12.5. The highest BCUT2D eigenvalue weighted by Gasteiger charge is 2.85. The Balaban J connectivity index is 2.02. The van der Waals surface area contributed by atoms with Gasteiger partial charge in [-0.25, -0.2) is 19.2 Å². The fourth-order valence-electron chi connectivity index (χ4n) is 6.58. The zero-order valence-electron chi connectivity index (χ0n) is 28.2. The number of aliphatic carboxylic acids is 3. The van der Waals surface area contributed by atoms with Crippen LogP contribution >= 0.6 is 0 Å². The van der Waals surface area contributed by atoms with Crippen molar-refractivity contribution in [2.24, 2.45) is 17.8 Å². The minimum Gasteiger partial charge on any atom is -0.479 e. The van der Waals surface area contributed by atoms with Crippen LogP contribution in [0.1, 0.15) is 65.9 Å². The lowest BCUT2D eigenvalue weighted by Crippen LogP contribution is -2.78. The van der Waals surface area contributed by atoms with Gasteiger partial charge >= 0.3 is 29.8 Å². The number of allylic oxidation sites excluding steroid dienone is 1. The number of ether oxygens (including phenoxy) is 4. The van der Waals surface area contributed by atoms with Crippen LogP contribution in [0.4, 0.5) is 0 Å². The molecule has 2 heterocycles. The Morgan fingerprint density at radius 2 is 1.67 bits per heavy atom. The Hall–Kier alpha value is -4.11. The van der Waals surface area contributed by atoms with Gasteiger partial charge in [-0.3, -0.25) is 4.79 Å². The van der Waals surface area contributed by atoms with Gasteiger partial charge in [0.1, 0.15) is 12.2 Å². The average molecular weight is 691 g/mol. The average Bonchev–Trinajstić information content (AvgIpc) is 3.25. The Morgan fingerprint density at radius 1 is 1.04 bits per heavy atom. The number of aliphatic hydroxyl groups excluding tert-OH is 1. The molecule has 270 valence electrons. The molecule has 14 nitrogen and oxygen atoms in total. The van der Waals surface area contributed by atoms with Crippen molar-refractivity contribution in [2.75, 3.05) is 0 Å². The summed E-state index contributed by atoms with van der Waals surface area (Å²) in [6.45, 7) is 12.9. The second-order valence-electron chi connectivity index (χ2n) is 13.1. The highest BCUT2D eigenvalue weighted by atomic mass is 16.8. The van der Waals surface area contributed by atoms with Gasteiger partial charge in [-0.1, -0.05) is 77.1 Å². The van der Waals surface area contributed by atoms with Crippen molar-refractivity contribution in [1.82, 2.24) is 0 Å². The number of esters is 2. The molecule has 2 bridgehead atoms. The van der Waals surface area contributed by atoms with Gasteiger partial charge in [0.2, 0.25) is 23.1 Å². The number of carboxylic acid groups (broad SMARTS) is 3. The van der Waals surface area contributed by atoms with E-state index in [1.165, 1.54) is 13.0 Å². The fourth-order valence-corrected chi connectivity index (χ4v) is 6.58. The predicted molar refractivity (Wildman–Crippen MR) is 171 cm³/mol. The van der Waals surface area contributed by atoms with E-state index in [1.807, 2.05) is 51.1 Å². The quantitative estimate of drug-likeness (QED) is 0.0901. The molecule has 2 saturated heterocycles. The van der Waals surface area contributed by atoms with Crippen molar-refractivity contribution in [2.45, 2.75) is 108 Å². The standard InChI is InChI=1S/C35H46O14/c1-7-19(2)17-20(3)13-14-25(37)47-28-27(38)33(48-29(30(39)40)34(45,31(41)42)35(28,49-33)32(43)44)16-15-21(4)26(46-23(6)36)22(5)18-24-11-9-8-10-12-24/h8-14,19-20,22,26-29,38,45H,4,7,15-18H2,1-3,5-6H3,(H,39,40)(H,41,42)(H,43,44)/b14-13+/t19-,20+,22+,26+,27+,28+,29+,33-,34-,35-/m0/s1. The summed E-state index contributed by atoms with van der Waals surface area (Å²) in [5.74, 6) is -11.3. The Labute approximate surface area is 284 Å².